The lowest BCUT2D eigenvalue weighted by Crippen LogP contribution is -2.26. The number of hydrogen-bond acceptors (Lipinski definition) is 3. The number of aromatic nitrogens is 1. The zero-order valence-corrected chi connectivity index (χ0v) is 13.2. The highest BCUT2D eigenvalue weighted by Crippen LogP contribution is 2.27. The molecule has 0 amide bonds. The molecule has 3 heteroatoms. The summed E-state index contributed by atoms with van der Waals surface area (Å²) in [5.41, 5.74) is 3.74. The second-order valence-electron chi connectivity index (χ2n) is 5.17. The number of nitrogens with zero attached hydrogens (tertiary/aromatic N) is 2. The molecular formula is C18H25N3. The molecule has 1 heterocycles. The van der Waals surface area contributed by atoms with Gasteiger partial charge >= 0.3 is 0 Å². The molecule has 0 aliphatic heterocycles. The lowest BCUT2D eigenvalue weighted by molar-refractivity contribution is 0.595. The summed E-state index contributed by atoms with van der Waals surface area (Å²) in [6.45, 7) is 9.33. The number of rotatable bonds is 7. The van der Waals surface area contributed by atoms with Crippen molar-refractivity contribution in [3.63, 3.8) is 0 Å². The van der Waals surface area contributed by atoms with Crippen molar-refractivity contribution >= 4 is 5.69 Å². The van der Waals surface area contributed by atoms with Crippen LogP contribution in [0.2, 0.25) is 0 Å². The van der Waals surface area contributed by atoms with Gasteiger partial charge in [-0.15, -0.1) is 0 Å². The Kier molecular flexibility index (Phi) is 5.76. The Balaban J connectivity index is 2.25. The molecule has 2 aromatic rings. The highest BCUT2D eigenvalue weighted by Gasteiger charge is 2.14. The number of benzene rings is 1. The summed E-state index contributed by atoms with van der Waals surface area (Å²) in [7, 11) is 0. The van der Waals surface area contributed by atoms with Crippen LogP contribution in [0, 0.1) is 0 Å². The van der Waals surface area contributed by atoms with Gasteiger partial charge in [0.15, 0.2) is 0 Å². The summed E-state index contributed by atoms with van der Waals surface area (Å²) in [6.07, 6.45) is 1.86. The Morgan fingerprint density at radius 2 is 1.86 bits per heavy atom. The van der Waals surface area contributed by atoms with Crippen LogP contribution in [-0.2, 0) is 6.54 Å². The van der Waals surface area contributed by atoms with E-state index in [0.717, 1.165) is 25.3 Å². The molecule has 1 N–H and O–H groups in total. The van der Waals surface area contributed by atoms with E-state index in [2.05, 4.69) is 66.3 Å². The quantitative estimate of drug-likeness (QED) is 0.838. The molecule has 0 spiro atoms. The van der Waals surface area contributed by atoms with E-state index in [1.165, 1.54) is 11.3 Å². The fourth-order valence-corrected chi connectivity index (χ4v) is 2.61. The van der Waals surface area contributed by atoms with Gasteiger partial charge in [0, 0.05) is 24.5 Å². The average Bonchev–Trinajstić information content (AvgIpc) is 2.54. The van der Waals surface area contributed by atoms with E-state index < -0.39 is 0 Å². The van der Waals surface area contributed by atoms with Crippen LogP contribution in [0.4, 0.5) is 5.69 Å². The van der Waals surface area contributed by atoms with Crippen molar-refractivity contribution in [1.29, 1.82) is 0 Å². The van der Waals surface area contributed by atoms with Crippen LogP contribution in [0.3, 0.4) is 0 Å². The maximum atomic E-state index is 4.45. The second kappa shape index (κ2) is 7.79. The van der Waals surface area contributed by atoms with Crippen molar-refractivity contribution in [1.82, 2.24) is 10.3 Å². The molecule has 0 aliphatic carbocycles. The number of anilines is 1. The third-order valence-electron chi connectivity index (χ3n) is 3.71. The molecule has 112 valence electrons. The maximum absolute atomic E-state index is 4.45. The summed E-state index contributed by atoms with van der Waals surface area (Å²) in [6, 6.07) is 15.1. The fraction of sp³-hybridized carbons (Fsp3) is 0.389. The van der Waals surface area contributed by atoms with Crippen LogP contribution < -0.4 is 10.2 Å². The zero-order chi connectivity index (χ0) is 15.1. The minimum absolute atomic E-state index is 0.351. The van der Waals surface area contributed by atoms with Gasteiger partial charge in [0.05, 0.1) is 12.2 Å². The molecule has 0 radical (unpaired) electrons. The summed E-state index contributed by atoms with van der Waals surface area (Å²) in [4.78, 5) is 6.83. The van der Waals surface area contributed by atoms with Crippen molar-refractivity contribution < 1.29 is 0 Å². The molecule has 1 atom stereocenters. The summed E-state index contributed by atoms with van der Waals surface area (Å²) >= 11 is 0. The first-order chi connectivity index (χ1) is 10.3. The van der Waals surface area contributed by atoms with E-state index in [1.807, 2.05) is 18.3 Å². The molecule has 21 heavy (non-hydrogen) atoms. The number of nitrogens with one attached hydrogen (secondary N) is 1. The average molecular weight is 283 g/mol. The van der Waals surface area contributed by atoms with Crippen molar-refractivity contribution in [3.8, 4) is 0 Å². The molecular weight excluding hydrogens is 258 g/mol. The van der Waals surface area contributed by atoms with Gasteiger partial charge in [-0.3, -0.25) is 4.98 Å². The number of pyridine rings is 1. The van der Waals surface area contributed by atoms with Crippen LogP contribution in [-0.4, -0.2) is 18.1 Å². The molecule has 0 bridgehead atoms. The third-order valence-corrected chi connectivity index (χ3v) is 3.71. The molecule has 3 nitrogen and oxygen atoms in total. The van der Waals surface area contributed by atoms with Gasteiger partial charge in [-0.25, -0.2) is 0 Å². The highest BCUT2D eigenvalue weighted by molar-refractivity contribution is 5.55. The van der Waals surface area contributed by atoms with Crippen LogP contribution in [0.5, 0.6) is 0 Å². The van der Waals surface area contributed by atoms with E-state index >= 15 is 0 Å². The van der Waals surface area contributed by atoms with E-state index in [4.69, 9.17) is 0 Å². The summed E-state index contributed by atoms with van der Waals surface area (Å²) < 4.78 is 0. The summed E-state index contributed by atoms with van der Waals surface area (Å²) in [5.74, 6) is 0. The van der Waals surface area contributed by atoms with Gasteiger partial charge in [-0.1, -0.05) is 31.2 Å². The van der Waals surface area contributed by atoms with Crippen LogP contribution in [0.25, 0.3) is 0 Å². The Labute approximate surface area is 128 Å². The largest absolute Gasteiger partial charge is 0.366 e. The van der Waals surface area contributed by atoms with Gasteiger partial charge in [-0.05, 0) is 44.2 Å². The van der Waals surface area contributed by atoms with Gasteiger partial charge in [0.25, 0.3) is 0 Å². The van der Waals surface area contributed by atoms with Gasteiger partial charge < -0.3 is 10.2 Å². The normalized spacial score (nSPS) is 12.1. The minimum atomic E-state index is 0.351. The lowest BCUT2D eigenvalue weighted by Gasteiger charge is -2.27. The molecule has 2 rings (SSSR count). The van der Waals surface area contributed by atoms with Gasteiger partial charge in [0.2, 0.25) is 0 Å². The standard InChI is InChI=1S/C18H25N3/c1-4-19-15(3)17-11-6-7-12-18(17)21(5-2)14-16-10-8-9-13-20-16/h6-13,15,19H,4-5,14H2,1-3H3. The third kappa shape index (κ3) is 4.05. The SMILES string of the molecule is CCNC(C)c1ccccc1N(CC)Cc1ccccn1. The molecule has 1 aromatic heterocycles. The molecule has 1 unspecified atom stereocenters. The van der Waals surface area contributed by atoms with Crippen LogP contribution in [0.15, 0.2) is 48.7 Å². The first-order valence-electron chi connectivity index (χ1n) is 7.73. The maximum Gasteiger partial charge on any atom is 0.0602 e. The summed E-state index contributed by atoms with van der Waals surface area (Å²) in [5, 5.41) is 3.50. The Morgan fingerprint density at radius 1 is 1.10 bits per heavy atom. The predicted molar refractivity (Wildman–Crippen MR) is 89.5 cm³/mol. The highest BCUT2D eigenvalue weighted by atomic mass is 15.1. The first-order valence-corrected chi connectivity index (χ1v) is 7.73. The van der Waals surface area contributed by atoms with Gasteiger partial charge in [-0.2, -0.15) is 0 Å². The van der Waals surface area contributed by atoms with Crippen molar-refractivity contribution in [2.45, 2.75) is 33.4 Å². The smallest absolute Gasteiger partial charge is 0.0602 e. The lowest BCUT2D eigenvalue weighted by atomic mass is 10.0. The predicted octanol–water partition coefficient (Wildman–Crippen LogP) is 3.78. The molecule has 0 aliphatic rings. The fourth-order valence-electron chi connectivity index (χ4n) is 2.61. The molecule has 1 aromatic carbocycles. The van der Waals surface area contributed by atoms with E-state index in [9.17, 15) is 0 Å². The van der Waals surface area contributed by atoms with Crippen molar-refractivity contribution in [3.05, 3.63) is 59.9 Å². The number of para-hydroxylation sites is 1. The Hall–Kier alpha value is -1.87. The van der Waals surface area contributed by atoms with Crippen molar-refractivity contribution in [2.24, 2.45) is 0 Å². The molecule has 0 saturated heterocycles. The Morgan fingerprint density at radius 3 is 2.52 bits per heavy atom. The van der Waals surface area contributed by atoms with E-state index in [1.54, 1.807) is 0 Å². The van der Waals surface area contributed by atoms with Crippen molar-refractivity contribution in [2.75, 3.05) is 18.0 Å². The first kappa shape index (κ1) is 15.5. The second-order valence-corrected chi connectivity index (χ2v) is 5.17. The molecule has 0 saturated carbocycles. The van der Waals surface area contributed by atoms with Gasteiger partial charge in [0.1, 0.15) is 0 Å². The Bertz CT molecular complexity index is 539. The monoisotopic (exact) mass is 283 g/mol. The minimum Gasteiger partial charge on any atom is -0.366 e. The topological polar surface area (TPSA) is 28.2 Å². The van der Waals surface area contributed by atoms with E-state index in [0.29, 0.717) is 6.04 Å². The van der Waals surface area contributed by atoms with E-state index in [-0.39, 0.29) is 0 Å². The number of hydrogen-bond donors (Lipinski definition) is 1. The van der Waals surface area contributed by atoms with Crippen LogP contribution >= 0.6 is 0 Å². The molecule has 0 fully saturated rings. The zero-order valence-electron chi connectivity index (χ0n) is 13.2. The van der Waals surface area contributed by atoms with Crippen LogP contribution in [0.1, 0.15) is 38.1 Å².